The van der Waals surface area contributed by atoms with E-state index < -0.39 is 29.9 Å². The summed E-state index contributed by atoms with van der Waals surface area (Å²) < 4.78 is 22.4. The Morgan fingerprint density at radius 2 is 1.86 bits per heavy atom. The number of nitrogens with zero attached hydrogens (tertiary/aromatic N) is 3. The molecule has 0 saturated carbocycles. The fourth-order valence-electron chi connectivity index (χ4n) is 5.45. The van der Waals surface area contributed by atoms with E-state index in [1.807, 2.05) is 49.4 Å². The van der Waals surface area contributed by atoms with E-state index in [0.717, 1.165) is 10.6 Å². The van der Waals surface area contributed by atoms with Crippen molar-refractivity contribution in [3.63, 3.8) is 0 Å². The van der Waals surface area contributed by atoms with Crippen LogP contribution in [0.3, 0.4) is 0 Å². The van der Waals surface area contributed by atoms with Crippen molar-refractivity contribution >= 4 is 39.3 Å². The molecule has 3 heterocycles. The van der Waals surface area contributed by atoms with Crippen molar-refractivity contribution in [3.05, 3.63) is 77.5 Å². The summed E-state index contributed by atoms with van der Waals surface area (Å²) in [5.41, 5.74) is 7.01. The highest BCUT2D eigenvalue weighted by atomic mass is 33.1. The molecule has 3 atom stereocenters. The van der Waals surface area contributed by atoms with Gasteiger partial charge in [-0.1, -0.05) is 46.7 Å². The number of benzene rings is 2. The monoisotopic (exact) mass is 640 g/mol. The lowest BCUT2D eigenvalue weighted by Crippen LogP contribution is -2.51. The summed E-state index contributed by atoms with van der Waals surface area (Å²) in [6, 6.07) is 15.6. The molecule has 1 aromatic heterocycles. The molecule has 0 radical (unpaired) electrons. The maximum absolute atomic E-state index is 14.2. The number of amides is 2. The number of carbonyl (C=O) groups excluding carboxylic acids is 2. The molecule has 3 aromatic rings. The summed E-state index contributed by atoms with van der Waals surface area (Å²) in [5, 5.41) is 12.8. The van der Waals surface area contributed by atoms with Gasteiger partial charge in [-0.25, -0.2) is 9.78 Å². The number of rotatable bonds is 10. The number of aryl methyl sites for hydroxylation is 1. The Bertz CT molecular complexity index is 1460. The average Bonchev–Trinajstić information content (AvgIpc) is 3.66. The third-order valence-electron chi connectivity index (χ3n) is 7.68. The van der Waals surface area contributed by atoms with E-state index in [-0.39, 0.29) is 37.4 Å². The number of likely N-dealkylation sites (tertiary alicyclic amines) is 1. The van der Waals surface area contributed by atoms with Crippen LogP contribution >= 0.6 is 21.6 Å². The van der Waals surface area contributed by atoms with E-state index in [1.165, 1.54) is 57.7 Å². The van der Waals surface area contributed by atoms with E-state index in [4.69, 9.17) is 24.7 Å². The van der Waals surface area contributed by atoms with Gasteiger partial charge >= 0.3 is 6.09 Å². The van der Waals surface area contributed by atoms with E-state index >= 15 is 0 Å². The number of hydrogen-bond acceptors (Lipinski definition) is 11. The molecule has 3 N–H and O–H groups in total. The molecule has 5 rings (SSSR count). The van der Waals surface area contributed by atoms with Crippen LogP contribution < -0.4 is 15.2 Å². The molecule has 234 valence electrons. The number of aliphatic hydroxyl groups is 1. The molecule has 11 nitrogen and oxygen atoms in total. The highest BCUT2D eigenvalue weighted by molar-refractivity contribution is 8.76. The number of anilines is 1. The van der Waals surface area contributed by atoms with Crippen molar-refractivity contribution in [3.8, 4) is 11.5 Å². The minimum absolute atomic E-state index is 0.0303. The first-order valence-electron chi connectivity index (χ1n) is 14.1. The first kappa shape index (κ1) is 31.8. The van der Waals surface area contributed by atoms with E-state index in [1.54, 1.807) is 6.20 Å². The number of methoxy groups -OCH3 is 2. The van der Waals surface area contributed by atoms with Gasteiger partial charge in [-0.15, -0.1) is 0 Å². The Labute approximate surface area is 264 Å². The zero-order valence-corrected chi connectivity index (χ0v) is 26.4. The van der Waals surface area contributed by atoms with E-state index in [0.29, 0.717) is 29.4 Å². The predicted octanol–water partition coefficient (Wildman–Crippen LogP) is 4.33. The van der Waals surface area contributed by atoms with Crippen molar-refractivity contribution < 1.29 is 33.6 Å². The number of carbonyl (C=O) groups is 2. The number of hydrogen-bond donors (Lipinski definition) is 2. The van der Waals surface area contributed by atoms with Gasteiger partial charge in [-0.05, 0) is 41.5 Å². The lowest BCUT2D eigenvalue weighted by Gasteiger charge is -2.33. The van der Waals surface area contributed by atoms with Crippen LogP contribution in [0.4, 0.5) is 10.5 Å². The molecular weight excluding hydrogens is 604 g/mol. The summed E-state index contributed by atoms with van der Waals surface area (Å²) in [7, 11) is 6.00. The number of pyridine rings is 1. The molecule has 44 heavy (non-hydrogen) atoms. The normalized spacial score (nSPS) is 21.4. The molecule has 2 aliphatic heterocycles. The fourth-order valence-corrected chi connectivity index (χ4v) is 7.16. The van der Waals surface area contributed by atoms with Gasteiger partial charge in [0, 0.05) is 30.1 Å². The van der Waals surface area contributed by atoms with Crippen LogP contribution in [0.15, 0.2) is 65.8 Å². The quantitative estimate of drug-likeness (QED) is 0.186. The molecule has 13 heteroatoms. The van der Waals surface area contributed by atoms with Crippen molar-refractivity contribution in [1.82, 2.24) is 14.8 Å². The smallest absolute Gasteiger partial charge is 0.412 e. The van der Waals surface area contributed by atoms with Crippen LogP contribution in [0.5, 0.6) is 11.5 Å². The highest BCUT2D eigenvalue weighted by Gasteiger charge is 2.52. The number of β-amino-alcohol motifs (C(OH)–C–C–N with tert-alkyl or cyclic N) is 1. The van der Waals surface area contributed by atoms with Gasteiger partial charge in [-0.2, -0.15) is 0 Å². The number of aromatic nitrogens is 1. The third-order valence-corrected chi connectivity index (χ3v) is 9.91. The zero-order chi connectivity index (χ0) is 31.3. The van der Waals surface area contributed by atoms with E-state index in [9.17, 15) is 14.7 Å². The molecule has 0 bridgehead atoms. The Morgan fingerprint density at radius 3 is 2.57 bits per heavy atom. The van der Waals surface area contributed by atoms with Crippen molar-refractivity contribution in [2.45, 2.75) is 36.2 Å². The summed E-state index contributed by atoms with van der Waals surface area (Å²) in [6.07, 6.45) is 0.495. The second-order valence-electron chi connectivity index (χ2n) is 10.5. The van der Waals surface area contributed by atoms with Gasteiger partial charge in [0.15, 0.2) is 17.7 Å². The van der Waals surface area contributed by atoms with Gasteiger partial charge in [0.05, 0.1) is 45.5 Å². The summed E-state index contributed by atoms with van der Waals surface area (Å²) >= 11 is 0. The first-order valence-corrected chi connectivity index (χ1v) is 16.4. The Balaban J connectivity index is 1.35. The van der Waals surface area contributed by atoms with Gasteiger partial charge in [0.1, 0.15) is 17.2 Å². The Hall–Kier alpha value is -3.65. The summed E-state index contributed by atoms with van der Waals surface area (Å²) in [4.78, 5) is 34.7. The Kier molecular flexibility index (Phi) is 10.1. The van der Waals surface area contributed by atoms with Crippen LogP contribution in [0.25, 0.3) is 0 Å². The molecule has 2 saturated heterocycles. The predicted molar refractivity (Wildman–Crippen MR) is 169 cm³/mol. The summed E-state index contributed by atoms with van der Waals surface area (Å²) in [5.74, 6) is 0.867. The summed E-state index contributed by atoms with van der Waals surface area (Å²) in [6.45, 7) is 2.68. The van der Waals surface area contributed by atoms with Crippen molar-refractivity contribution in [2.24, 2.45) is 0 Å². The highest BCUT2D eigenvalue weighted by Crippen LogP contribution is 2.42. The second kappa shape index (κ2) is 14.0. The molecule has 2 unspecified atom stereocenters. The van der Waals surface area contributed by atoms with Gasteiger partial charge in [-0.3, -0.25) is 9.69 Å². The average molecular weight is 641 g/mol. The van der Waals surface area contributed by atoms with E-state index in [2.05, 4.69) is 4.98 Å². The SMILES string of the molecule is COc1cc(N)c(C(=O)N2CC(O)(c3ccc(C)cc3)C[C@H]2C2OCCN2C(=O)OCCSSc2ccccn2)cc1OC. The van der Waals surface area contributed by atoms with Gasteiger partial charge < -0.3 is 34.7 Å². The first-order chi connectivity index (χ1) is 21.2. The van der Waals surface area contributed by atoms with Gasteiger partial charge in [0.25, 0.3) is 5.91 Å². The maximum Gasteiger partial charge on any atom is 0.412 e. The standard InChI is InChI=1S/C31H36N4O7S2/c1-20-7-9-21(10-8-20)31(38)18-24(35(19-31)28(36)22-16-25(39-2)26(40-3)17-23(22)32)29-34(12-13-41-29)30(37)42-14-15-43-44-27-6-4-5-11-33-27/h4-11,16-17,24,29,38H,12-15,18-19,32H2,1-3H3/t24-,29?,31?/m0/s1. The largest absolute Gasteiger partial charge is 0.493 e. The molecule has 2 aromatic carbocycles. The topological polar surface area (TPSA) is 137 Å². The minimum Gasteiger partial charge on any atom is -0.493 e. The van der Waals surface area contributed by atoms with Gasteiger partial charge in [0.2, 0.25) is 0 Å². The number of ether oxygens (including phenoxy) is 4. The molecular formula is C31H36N4O7S2. The second-order valence-corrected chi connectivity index (χ2v) is 13.0. The van der Waals surface area contributed by atoms with Crippen LogP contribution in [0.1, 0.15) is 27.9 Å². The molecule has 2 aliphatic rings. The van der Waals surface area contributed by atoms with Crippen LogP contribution in [-0.2, 0) is 15.1 Å². The maximum atomic E-state index is 14.2. The third kappa shape index (κ3) is 6.85. The lowest BCUT2D eigenvalue weighted by molar-refractivity contribution is -0.0220. The molecule has 2 amide bonds. The van der Waals surface area contributed by atoms with Crippen LogP contribution in [-0.4, -0.2) is 90.4 Å². The molecule has 2 fully saturated rings. The number of nitrogen functional groups attached to an aromatic ring is 1. The van der Waals surface area contributed by atoms with Crippen LogP contribution in [0, 0.1) is 6.92 Å². The molecule has 0 aliphatic carbocycles. The Morgan fingerprint density at radius 1 is 1.11 bits per heavy atom. The zero-order valence-electron chi connectivity index (χ0n) is 24.8. The fraction of sp³-hybridized carbons (Fsp3) is 0.387. The number of nitrogens with two attached hydrogens (primary N) is 1. The van der Waals surface area contributed by atoms with Crippen LogP contribution in [0.2, 0.25) is 0 Å². The minimum atomic E-state index is -1.39. The lowest BCUT2D eigenvalue weighted by atomic mass is 9.90. The van der Waals surface area contributed by atoms with Crippen molar-refractivity contribution in [1.29, 1.82) is 0 Å². The molecule has 0 spiro atoms. The van der Waals surface area contributed by atoms with Crippen molar-refractivity contribution in [2.75, 3.05) is 52.0 Å².